The third-order valence-electron chi connectivity index (χ3n) is 2.42. The summed E-state index contributed by atoms with van der Waals surface area (Å²) in [7, 11) is 1.87. The molecule has 3 N–H and O–H groups in total. The minimum atomic E-state index is 0.510. The van der Waals surface area contributed by atoms with E-state index in [4.69, 9.17) is 11.0 Å². The fraction of sp³-hybridized carbons (Fsp3) is 0.182. The van der Waals surface area contributed by atoms with Gasteiger partial charge in [-0.3, -0.25) is 0 Å². The molecule has 0 saturated carbocycles. The Morgan fingerprint density at radius 2 is 2.35 bits per heavy atom. The second-order valence-electron chi connectivity index (χ2n) is 3.63. The molecule has 0 aliphatic carbocycles. The third-order valence-corrected chi connectivity index (χ3v) is 2.42. The number of anilines is 2. The highest BCUT2D eigenvalue weighted by molar-refractivity contribution is 5.68. The van der Waals surface area contributed by atoms with E-state index in [1.54, 1.807) is 24.5 Å². The lowest BCUT2D eigenvalue weighted by molar-refractivity contribution is 0.812. The van der Waals surface area contributed by atoms with Gasteiger partial charge in [0.05, 0.1) is 29.6 Å². The van der Waals surface area contributed by atoms with E-state index in [0.29, 0.717) is 17.8 Å². The Morgan fingerprint density at radius 1 is 1.53 bits per heavy atom. The molecule has 0 saturated heterocycles. The normalized spacial score (nSPS) is 9.88. The molecule has 2 aromatic rings. The molecule has 17 heavy (non-hydrogen) atoms. The number of nitriles is 1. The zero-order chi connectivity index (χ0) is 12.3. The Hall–Kier alpha value is -2.55. The average Bonchev–Trinajstić information content (AvgIpc) is 2.74. The molecule has 0 radical (unpaired) electrons. The van der Waals surface area contributed by atoms with Crippen LogP contribution in [0.4, 0.5) is 11.4 Å². The van der Waals surface area contributed by atoms with Crippen molar-refractivity contribution in [3.8, 4) is 6.07 Å². The molecule has 86 valence electrons. The van der Waals surface area contributed by atoms with E-state index in [-0.39, 0.29) is 0 Å². The zero-order valence-electron chi connectivity index (χ0n) is 9.38. The molecule has 0 unspecified atom stereocenters. The standard InChI is InChI=1S/C11H12N6/c1-17-7-15-16-11(17)6-14-10-4-8(5-12)2-3-9(10)13/h2-4,7,14H,6,13H2,1H3. The number of nitrogens with one attached hydrogen (secondary N) is 1. The van der Waals surface area contributed by atoms with E-state index < -0.39 is 0 Å². The van der Waals surface area contributed by atoms with Crippen LogP contribution in [0.25, 0.3) is 0 Å². The Balaban J connectivity index is 2.14. The SMILES string of the molecule is Cn1cnnc1CNc1cc(C#N)ccc1N. The number of aryl methyl sites for hydroxylation is 1. The number of nitrogen functional groups attached to an aromatic ring is 1. The van der Waals surface area contributed by atoms with Crippen LogP contribution in [0.2, 0.25) is 0 Å². The van der Waals surface area contributed by atoms with E-state index in [9.17, 15) is 0 Å². The summed E-state index contributed by atoms with van der Waals surface area (Å²) in [4.78, 5) is 0. The summed E-state index contributed by atoms with van der Waals surface area (Å²) in [5.41, 5.74) is 7.71. The lowest BCUT2D eigenvalue weighted by Gasteiger charge is -2.08. The summed E-state index contributed by atoms with van der Waals surface area (Å²) in [5.74, 6) is 0.798. The maximum absolute atomic E-state index is 8.80. The van der Waals surface area contributed by atoms with Gasteiger partial charge < -0.3 is 15.6 Å². The van der Waals surface area contributed by atoms with Crippen molar-refractivity contribution >= 4 is 11.4 Å². The van der Waals surface area contributed by atoms with E-state index in [1.807, 2.05) is 11.6 Å². The summed E-state index contributed by atoms with van der Waals surface area (Å²) in [6.45, 7) is 0.510. The van der Waals surface area contributed by atoms with Crippen LogP contribution < -0.4 is 11.1 Å². The molecule has 0 bridgehead atoms. The molecule has 6 nitrogen and oxygen atoms in total. The number of aromatic nitrogens is 3. The van der Waals surface area contributed by atoms with Crippen molar-refractivity contribution in [2.75, 3.05) is 11.1 Å². The monoisotopic (exact) mass is 228 g/mol. The summed E-state index contributed by atoms with van der Waals surface area (Å²) in [6.07, 6.45) is 1.63. The molecule has 1 aromatic heterocycles. The molecule has 0 atom stereocenters. The molecular formula is C11H12N6. The van der Waals surface area contributed by atoms with Gasteiger partial charge in [-0.05, 0) is 18.2 Å². The molecular weight excluding hydrogens is 216 g/mol. The van der Waals surface area contributed by atoms with Crippen LogP contribution in [0.15, 0.2) is 24.5 Å². The van der Waals surface area contributed by atoms with Crippen LogP contribution in [-0.4, -0.2) is 14.8 Å². The van der Waals surface area contributed by atoms with E-state index in [2.05, 4.69) is 21.6 Å². The minimum Gasteiger partial charge on any atom is -0.397 e. The minimum absolute atomic E-state index is 0.510. The maximum atomic E-state index is 8.80. The highest BCUT2D eigenvalue weighted by atomic mass is 15.3. The summed E-state index contributed by atoms with van der Waals surface area (Å²) >= 11 is 0. The molecule has 0 aliphatic heterocycles. The Kier molecular flexibility index (Phi) is 2.92. The second-order valence-corrected chi connectivity index (χ2v) is 3.63. The maximum Gasteiger partial charge on any atom is 0.151 e. The second kappa shape index (κ2) is 4.53. The Labute approximate surface area is 98.7 Å². The van der Waals surface area contributed by atoms with Crippen molar-refractivity contribution in [3.63, 3.8) is 0 Å². The average molecular weight is 228 g/mol. The molecule has 0 fully saturated rings. The van der Waals surface area contributed by atoms with Crippen LogP contribution in [0, 0.1) is 11.3 Å². The van der Waals surface area contributed by atoms with Gasteiger partial charge in [0.2, 0.25) is 0 Å². The van der Waals surface area contributed by atoms with Crippen LogP contribution >= 0.6 is 0 Å². The van der Waals surface area contributed by atoms with Gasteiger partial charge in [-0.15, -0.1) is 10.2 Å². The zero-order valence-corrected chi connectivity index (χ0v) is 9.38. The third kappa shape index (κ3) is 2.34. The Morgan fingerprint density at radius 3 is 3.00 bits per heavy atom. The van der Waals surface area contributed by atoms with Gasteiger partial charge in [0.1, 0.15) is 6.33 Å². The topological polar surface area (TPSA) is 92.5 Å². The van der Waals surface area contributed by atoms with Gasteiger partial charge in [0.25, 0.3) is 0 Å². The van der Waals surface area contributed by atoms with E-state index in [1.165, 1.54) is 0 Å². The van der Waals surface area contributed by atoms with Crippen LogP contribution in [-0.2, 0) is 13.6 Å². The molecule has 1 aromatic carbocycles. The van der Waals surface area contributed by atoms with Crippen LogP contribution in [0.5, 0.6) is 0 Å². The van der Waals surface area contributed by atoms with Gasteiger partial charge in [-0.1, -0.05) is 0 Å². The lowest BCUT2D eigenvalue weighted by Crippen LogP contribution is -2.07. The first kappa shape index (κ1) is 11.0. The first-order valence-electron chi connectivity index (χ1n) is 5.07. The fourth-order valence-electron chi connectivity index (χ4n) is 1.42. The van der Waals surface area contributed by atoms with Gasteiger partial charge >= 0.3 is 0 Å². The fourth-order valence-corrected chi connectivity index (χ4v) is 1.42. The molecule has 0 spiro atoms. The summed E-state index contributed by atoms with van der Waals surface area (Å²) in [5, 5.41) is 19.7. The number of nitrogens with two attached hydrogens (primary N) is 1. The first-order chi connectivity index (χ1) is 8.20. The first-order valence-corrected chi connectivity index (χ1v) is 5.07. The molecule has 0 amide bonds. The smallest absolute Gasteiger partial charge is 0.151 e. The van der Waals surface area contributed by atoms with E-state index in [0.717, 1.165) is 11.5 Å². The van der Waals surface area contributed by atoms with Crippen LogP contribution in [0.1, 0.15) is 11.4 Å². The summed E-state index contributed by atoms with van der Waals surface area (Å²) in [6, 6.07) is 7.17. The number of nitrogens with zero attached hydrogens (tertiary/aromatic N) is 4. The predicted octanol–water partition coefficient (Wildman–Crippen LogP) is 0.881. The lowest BCUT2D eigenvalue weighted by atomic mass is 10.2. The van der Waals surface area contributed by atoms with E-state index >= 15 is 0 Å². The number of hydrogen-bond donors (Lipinski definition) is 2. The van der Waals surface area contributed by atoms with Gasteiger partial charge in [0.15, 0.2) is 5.82 Å². The number of rotatable bonds is 3. The molecule has 6 heteroatoms. The number of hydrogen-bond acceptors (Lipinski definition) is 5. The number of benzene rings is 1. The largest absolute Gasteiger partial charge is 0.397 e. The van der Waals surface area contributed by atoms with Crippen molar-refractivity contribution in [2.45, 2.75) is 6.54 Å². The van der Waals surface area contributed by atoms with Crippen molar-refractivity contribution in [3.05, 3.63) is 35.9 Å². The quantitative estimate of drug-likeness (QED) is 0.761. The van der Waals surface area contributed by atoms with Crippen LogP contribution in [0.3, 0.4) is 0 Å². The highest BCUT2D eigenvalue weighted by Gasteiger charge is 2.03. The van der Waals surface area contributed by atoms with Gasteiger partial charge in [0, 0.05) is 7.05 Å². The predicted molar refractivity (Wildman–Crippen MR) is 63.9 cm³/mol. The Bertz CT molecular complexity index is 566. The molecule has 1 heterocycles. The highest BCUT2D eigenvalue weighted by Crippen LogP contribution is 2.20. The van der Waals surface area contributed by atoms with Crippen molar-refractivity contribution in [2.24, 2.45) is 7.05 Å². The van der Waals surface area contributed by atoms with Crippen molar-refractivity contribution in [1.29, 1.82) is 5.26 Å². The van der Waals surface area contributed by atoms with Crippen molar-refractivity contribution < 1.29 is 0 Å². The van der Waals surface area contributed by atoms with Gasteiger partial charge in [-0.2, -0.15) is 5.26 Å². The summed E-state index contributed by atoms with van der Waals surface area (Å²) < 4.78 is 1.82. The van der Waals surface area contributed by atoms with Crippen molar-refractivity contribution in [1.82, 2.24) is 14.8 Å². The van der Waals surface area contributed by atoms with Gasteiger partial charge in [-0.25, -0.2) is 0 Å². The molecule has 2 rings (SSSR count). The molecule has 0 aliphatic rings.